The summed E-state index contributed by atoms with van der Waals surface area (Å²) in [6.07, 6.45) is -3.21. The maximum absolute atomic E-state index is 12.7. The van der Waals surface area contributed by atoms with Crippen LogP contribution in [0.25, 0.3) is 0 Å². The number of benzene rings is 1. The Balaban J connectivity index is 2.04. The van der Waals surface area contributed by atoms with Gasteiger partial charge in [-0.25, -0.2) is 0 Å². The number of hydrogen-bond donors (Lipinski definition) is 1. The highest BCUT2D eigenvalue weighted by Crippen LogP contribution is 2.44. The summed E-state index contributed by atoms with van der Waals surface area (Å²) in [5.41, 5.74) is 4.60. The van der Waals surface area contributed by atoms with Crippen molar-refractivity contribution in [1.29, 1.82) is 0 Å². The first-order valence-electron chi connectivity index (χ1n) is 5.83. The summed E-state index contributed by atoms with van der Waals surface area (Å²) in [6.45, 7) is 0. The van der Waals surface area contributed by atoms with E-state index in [0.717, 1.165) is 5.56 Å². The van der Waals surface area contributed by atoms with Crippen LogP contribution in [0, 0.1) is 0 Å². The molecule has 1 aliphatic rings. The molecule has 0 radical (unpaired) electrons. The molecule has 17 heavy (non-hydrogen) atoms. The zero-order chi connectivity index (χ0) is 12.5. The average Bonchev–Trinajstić information content (AvgIpc) is 2.30. The summed E-state index contributed by atoms with van der Waals surface area (Å²) >= 11 is 0. The van der Waals surface area contributed by atoms with Crippen LogP contribution in [0.4, 0.5) is 13.2 Å². The van der Waals surface area contributed by atoms with Crippen LogP contribution >= 0.6 is 0 Å². The molecule has 0 unspecified atom stereocenters. The highest BCUT2D eigenvalue weighted by molar-refractivity contribution is 5.20. The Morgan fingerprint density at radius 2 is 1.59 bits per heavy atom. The minimum absolute atomic E-state index is 0.0239. The Hall–Kier alpha value is -1.03. The van der Waals surface area contributed by atoms with Gasteiger partial charge in [0.25, 0.3) is 0 Å². The highest BCUT2D eigenvalue weighted by Gasteiger charge is 2.52. The molecule has 0 saturated heterocycles. The van der Waals surface area contributed by atoms with Gasteiger partial charge in [0.1, 0.15) is 5.54 Å². The van der Waals surface area contributed by atoms with Gasteiger partial charge >= 0.3 is 6.18 Å². The zero-order valence-corrected chi connectivity index (χ0v) is 9.50. The van der Waals surface area contributed by atoms with Crippen molar-refractivity contribution in [3.63, 3.8) is 0 Å². The number of alkyl halides is 3. The molecule has 1 aromatic rings. The Kier molecular flexibility index (Phi) is 3.17. The van der Waals surface area contributed by atoms with Crippen molar-refractivity contribution in [2.24, 2.45) is 5.73 Å². The molecular formula is C13H16F3N. The lowest BCUT2D eigenvalue weighted by molar-refractivity contribution is -0.194. The first-order valence-corrected chi connectivity index (χ1v) is 5.83. The molecule has 0 atom stereocenters. The van der Waals surface area contributed by atoms with Crippen LogP contribution in [0.15, 0.2) is 30.3 Å². The fourth-order valence-corrected chi connectivity index (χ4v) is 2.47. The Bertz CT molecular complexity index is 364. The highest BCUT2D eigenvalue weighted by atomic mass is 19.4. The summed E-state index contributed by atoms with van der Waals surface area (Å²) in [5, 5.41) is 0. The topological polar surface area (TPSA) is 26.0 Å². The molecule has 1 fully saturated rings. The monoisotopic (exact) mass is 243 g/mol. The van der Waals surface area contributed by atoms with Gasteiger partial charge in [-0.2, -0.15) is 13.2 Å². The van der Waals surface area contributed by atoms with Gasteiger partial charge in [0.2, 0.25) is 0 Å². The molecule has 94 valence electrons. The quantitative estimate of drug-likeness (QED) is 0.801. The molecule has 0 heterocycles. The third-order valence-electron chi connectivity index (χ3n) is 3.71. The van der Waals surface area contributed by atoms with Gasteiger partial charge in [-0.05, 0) is 37.2 Å². The Labute approximate surface area is 98.8 Å². The maximum atomic E-state index is 12.7. The number of rotatable bonds is 1. The summed E-state index contributed by atoms with van der Waals surface area (Å²) in [4.78, 5) is 0. The molecule has 2 rings (SSSR count). The third-order valence-corrected chi connectivity index (χ3v) is 3.71. The first kappa shape index (κ1) is 12.4. The predicted molar refractivity (Wildman–Crippen MR) is 60.6 cm³/mol. The molecule has 0 aromatic heterocycles. The van der Waals surface area contributed by atoms with Crippen molar-refractivity contribution in [3.8, 4) is 0 Å². The fourth-order valence-electron chi connectivity index (χ4n) is 2.47. The van der Waals surface area contributed by atoms with Gasteiger partial charge in [0, 0.05) is 0 Å². The molecule has 0 bridgehead atoms. The summed E-state index contributed by atoms with van der Waals surface area (Å²) in [7, 11) is 0. The number of nitrogens with two attached hydrogens (primary N) is 1. The van der Waals surface area contributed by atoms with Crippen molar-refractivity contribution >= 4 is 0 Å². The van der Waals surface area contributed by atoms with Crippen LogP contribution in [0.5, 0.6) is 0 Å². The van der Waals surface area contributed by atoms with Gasteiger partial charge in [-0.15, -0.1) is 0 Å². The Morgan fingerprint density at radius 3 is 2.06 bits per heavy atom. The second-order valence-electron chi connectivity index (χ2n) is 4.84. The molecule has 1 aromatic carbocycles. The smallest absolute Gasteiger partial charge is 0.318 e. The van der Waals surface area contributed by atoms with E-state index in [-0.39, 0.29) is 18.8 Å². The summed E-state index contributed by atoms with van der Waals surface area (Å²) in [6, 6.07) is 9.70. The van der Waals surface area contributed by atoms with E-state index in [1.54, 1.807) is 0 Å². The van der Waals surface area contributed by atoms with Crippen LogP contribution in [0.2, 0.25) is 0 Å². The average molecular weight is 243 g/mol. The lowest BCUT2D eigenvalue weighted by atomic mass is 9.74. The van der Waals surface area contributed by atoms with E-state index in [2.05, 4.69) is 0 Å². The lowest BCUT2D eigenvalue weighted by Crippen LogP contribution is -2.55. The Morgan fingerprint density at radius 1 is 1.06 bits per heavy atom. The van der Waals surface area contributed by atoms with Crippen LogP contribution < -0.4 is 5.73 Å². The lowest BCUT2D eigenvalue weighted by Gasteiger charge is -2.38. The second-order valence-corrected chi connectivity index (χ2v) is 4.84. The summed E-state index contributed by atoms with van der Waals surface area (Å²) in [5.74, 6) is 0.218. The molecule has 0 amide bonds. The van der Waals surface area contributed by atoms with E-state index in [1.165, 1.54) is 0 Å². The number of hydrogen-bond acceptors (Lipinski definition) is 1. The second kappa shape index (κ2) is 4.33. The van der Waals surface area contributed by atoms with Crippen molar-refractivity contribution < 1.29 is 13.2 Å². The van der Waals surface area contributed by atoms with E-state index in [4.69, 9.17) is 5.73 Å². The van der Waals surface area contributed by atoms with Gasteiger partial charge in [-0.3, -0.25) is 0 Å². The minimum Gasteiger partial charge on any atom is -0.318 e. The van der Waals surface area contributed by atoms with Gasteiger partial charge in [0.05, 0.1) is 0 Å². The summed E-state index contributed by atoms with van der Waals surface area (Å²) < 4.78 is 38.2. The SMILES string of the molecule is NC1(C(F)(F)F)CCC(c2ccccc2)CC1. The van der Waals surface area contributed by atoms with Crippen molar-refractivity contribution in [2.75, 3.05) is 0 Å². The molecule has 1 nitrogen and oxygen atoms in total. The maximum Gasteiger partial charge on any atom is 0.406 e. The van der Waals surface area contributed by atoms with Crippen LogP contribution in [-0.4, -0.2) is 11.7 Å². The van der Waals surface area contributed by atoms with E-state index in [0.29, 0.717) is 12.8 Å². The van der Waals surface area contributed by atoms with Crippen LogP contribution in [0.1, 0.15) is 37.2 Å². The van der Waals surface area contributed by atoms with E-state index in [1.807, 2.05) is 30.3 Å². The first-order chi connectivity index (χ1) is 7.92. The molecular weight excluding hydrogens is 227 g/mol. The van der Waals surface area contributed by atoms with Gasteiger partial charge in [0.15, 0.2) is 0 Å². The van der Waals surface area contributed by atoms with E-state index >= 15 is 0 Å². The van der Waals surface area contributed by atoms with Crippen LogP contribution in [-0.2, 0) is 0 Å². The van der Waals surface area contributed by atoms with Crippen molar-refractivity contribution in [1.82, 2.24) is 0 Å². The molecule has 0 aliphatic heterocycles. The normalized spacial score (nSPS) is 30.2. The third kappa shape index (κ3) is 2.46. The molecule has 4 heteroatoms. The van der Waals surface area contributed by atoms with Gasteiger partial charge in [-0.1, -0.05) is 30.3 Å². The largest absolute Gasteiger partial charge is 0.406 e. The molecule has 2 N–H and O–H groups in total. The number of halogens is 3. The zero-order valence-electron chi connectivity index (χ0n) is 9.50. The fraction of sp³-hybridized carbons (Fsp3) is 0.538. The van der Waals surface area contributed by atoms with Crippen molar-refractivity contribution in [3.05, 3.63) is 35.9 Å². The van der Waals surface area contributed by atoms with Gasteiger partial charge < -0.3 is 5.73 Å². The van der Waals surface area contributed by atoms with E-state index in [9.17, 15) is 13.2 Å². The minimum atomic E-state index is -4.28. The molecule has 1 saturated carbocycles. The van der Waals surface area contributed by atoms with Crippen LogP contribution in [0.3, 0.4) is 0 Å². The van der Waals surface area contributed by atoms with Crippen molar-refractivity contribution in [2.45, 2.75) is 43.3 Å². The molecule has 0 spiro atoms. The van der Waals surface area contributed by atoms with E-state index < -0.39 is 11.7 Å². The predicted octanol–water partition coefficient (Wildman–Crippen LogP) is 3.60. The molecule has 1 aliphatic carbocycles. The standard InChI is InChI=1S/C13H16F3N/c14-13(15,16)12(17)8-6-11(7-9-12)10-4-2-1-3-5-10/h1-5,11H,6-9,17H2.